The topological polar surface area (TPSA) is 35.2 Å². The van der Waals surface area contributed by atoms with Gasteiger partial charge in [-0.1, -0.05) is 62.2 Å². The van der Waals surface area contributed by atoms with Crippen molar-refractivity contribution in [2.45, 2.75) is 32.3 Å². The van der Waals surface area contributed by atoms with Crippen LogP contribution in [0.1, 0.15) is 37.8 Å². The molecule has 0 saturated carbocycles. The molecule has 0 saturated heterocycles. The standard InChI is InChI=1S/C11H15ClO.C2H7N/c1-2-3-9-13-11(12)10-7-5-4-6-8-10;1-2-3/h4-8,11H,2-3,9H2,1H3;2-3H2,1H3. The molecule has 1 rings (SSSR count). The van der Waals surface area contributed by atoms with Crippen LogP contribution in [-0.2, 0) is 4.74 Å². The maximum Gasteiger partial charge on any atom is 0.156 e. The lowest BCUT2D eigenvalue weighted by molar-refractivity contribution is 0.105. The molecule has 3 heteroatoms. The maximum atomic E-state index is 6.02. The minimum atomic E-state index is -0.298. The molecular formula is C13H22ClNO. The van der Waals surface area contributed by atoms with E-state index in [0.717, 1.165) is 31.6 Å². The van der Waals surface area contributed by atoms with Crippen molar-refractivity contribution in [3.05, 3.63) is 35.9 Å². The molecule has 92 valence electrons. The Kier molecular flexibility index (Phi) is 10.5. The number of ether oxygens (including phenoxy) is 1. The van der Waals surface area contributed by atoms with E-state index in [-0.39, 0.29) is 5.56 Å². The first-order chi connectivity index (χ1) is 7.76. The first-order valence-corrected chi connectivity index (χ1v) is 6.20. The van der Waals surface area contributed by atoms with Crippen molar-refractivity contribution in [1.82, 2.24) is 0 Å². The molecule has 0 aliphatic carbocycles. The second kappa shape index (κ2) is 10.9. The first kappa shape index (κ1) is 15.4. The zero-order valence-corrected chi connectivity index (χ0v) is 10.9. The highest BCUT2D eigenvalue weighted by atomic mass is 35.5. The van der Waals surface area contributed by atoms with Crippen molar-refractivity contribution >= 4 is 11.6 Å². The summed E-state index contributed by atoms with van der Waals surface area (Å²) in [5.41, 5.74) is 5.58. The van der Waals surface area contributed by atoms with Gasteiger partial charge in [-0.15, -0.1) is 0 Å². The average molecular weight is 244 g/mol. The molecule has 0 fully saturated rings. The van der Waals surface area contributed by atoms with E-state index in [4.69, 9.17) is 22.1 Å². The van der Waals surface area contributed by atoms with Crippen molar-refractivity contribution in [1.29, 1.82) is 0 Å². The van der Waals surface area contributed by atoms with E-state index < -0.39 is 0 Å². The minimum Gasteiger partial charge on any atom is -0.358 e. The van der Waals surface area contributed by atoms with Crippen LogP contribution in [0.25, 0.3) is 0 Å². The molecule has 1 atom stereocenters. The third-order valence-corrected chi connectivity index (χ3v) is 2.20. The predicted molar refractivity (Wildman–Crippen MR) is 70.6 cm³/mol. The summed E-state index contributed by atoms with van der Waals surface area (Å²) < 4.78 is 5.43. The van der Waals surface area contributed by atoms with Crippen molar-refractivity contribution in [2.75, 3.05) is 13.2 Å². The Labute approximate surface area is 104 Å². The van der Waals surface area contributed by atoms with Crippen LogP contribution in [0.3, 0.4) is 0 Å². The van der Waals surface area contributed by atoms with Gasteiger partial charge in [0.15, 0.2) is 5.56 Å². The molecule has 0 bridgehead atoms. The Morgan fingerprint density at radius 3 is 2.31 bits per heavy atom. The number of benzene rings is 1. The molecule has 0 spiro atoms. The third-order valence-electron chi connectivity index (χ3n) is 1.82. The number of halogens is 1. The van der Waals surface area contributed by atoms with Crippen LogP contribution in [0.2, 0.25) is 0 Å². The van der Waals surface area contributed by atoms with Crippen LogP contribution >= 0.6 is 11.6 Å². The van der Waals surface area contributed by atoms with Crippen LogP contribution in [0.15, 0.2) is 30.3 Å². The van der Waals surface area contributed by atoms with Gasteiger partial charge >= 0.3 is 0 Å². The fraction of sp³-hybridized carbons (Fsp3) is 0.538. The van der Waals surface area contributed by atoms with E-state index in [1.54, 1.807) is 0 Å². The monoisotopic (exact) mass is 243 g/mol. The Hall–Kier alpha value is -0.570. The number of hydrogen-bond acceptors (Lipinski definition) is 2. The SMILES string of the molecule is CCCCOC(Cl)c1ccccc1.CCN. The van der Waals surface area contributed by atoms with Crippen molar-refractivity contribution < 1.29 is 4.74 Å². The van der Waals surface area contributed by atoms with E-state index in [0.29, 0.717) is 0 Å². The summed E-state index contributed by atoms with van der Waals surface area (Å²) in [5, 5.41) is 0. The summed E-state index contributed by atoms with van der Waals surface area (Å²) in [6, 6.07) is 9.86. The highest BCUT2D eigenvalue weighted by molar-refractivity contribution is 6.19. The zero-order chi connectivity index (χ0) is 12.2. The lowest BCUT2D eigenvalue weighted by Crippen LogP contribution is -1.98. The van der Waals surface area contributed by atoms with Crippen LogP contribution < -0.4 is 5.73 Å². The Morgan fingerprint density at radius 2 is 1.81 bits per heavy atom. The van der Waals surface area contributed by atoms with Crippen molar-refractivity contribution in [2.24, 2.45) is 5.73 Å². The number of unbranched alkanes of at least 4 members (excludes halogenated alkanes) is 1. The van der Waals surface area contributed by atoms with Gasteiger partial charge < -0.3 is 10.5 Å². The number of rotatable bonds is 5. The molecular weight excluding hydrogens is 222 g/mol. The van der Waals surface area contributed by atoms with Crippen LogP contribution in [-0.4, -0.2) is 13.2 Å². The lowest BCUT2D eigenvalue weighted by atomic mass is 10.2. The molecule has 0 amide bonds. The van der Waals surface area contributed by atoms with Gasteiger partial charge in [0.25, 0.3) is 0 Å². The van der Waals surface area contributed by atoms with Crippen molar-refractivity contribution in [3.8, 4) is 0 Å². The Bertz CT molecular complexity index is 241. The molecule has 1 unspecified atom stereocenters. The Balaban J connectivity index is 0.000000673. The van der Waals surface area contributed by atoms with E-state index in [1.165, 1.54) is 0 Å². The summed E-state index contributed by atoms with van der Waals surface area (Å²) in [6.45, 7) is 5.52. The van der Waals surface area contributed by atoms with Gasteiger partial charge in [0, 0.05) is 6.61 Å². The normalized spacial score (nSPS) is 11.5. The largest absolute Gasteiger partial charge is 0.358 e. The number of alkyl halides is 1. The molecule has 1 aromatic rings. The maximum absolute atomic E-state index is 6.02. The molecule has 0 aliphatic heterocycles. The van der Waals surface area contributed by atoms with E-state index in [2.05, 4.69) is 6.92 Å². The molecule has 0 radical (unpaired) electrons. The highest BCUT2D eigenvalue weighted by Gasteiger charge is 2.05. The fourth-order valence-corrected chi connectivity index (χ4v) is 1.27. The molecule has 16 heavy (non-hydrogen) atoms. The number of nitrogens with two attached hydrogens (primary N) is 1. The van der Waals surface area contributed by atoms with Gasteiger partial charge in [-0.05, 0) is 18.5 Å². The fourth-order valence-electron chi connectivity index (χ4n) is 1.03. The molecule has 2 nitrogen and oxygen atoms in total. The summed E-state index contributed by atoms with van der Waals surface area (Å²) in [7, 11) is 0. The second-order valence-electron chi connectivity index (χ2n) is 3.36. The van der Waals surface area contributed by atoms with Gasteiger partial charge in [-0.25, -0.2) is 0 Å². The summed E-state index contributed by atoms with van der Waals surface area (Å²) >= 11 is 6.02. The molecule has 0 aromatic heterocycles. The van der Waals surface area contributed by atoms with Crippen LogP contribution in [0.5, 0.6) is 0 Å². The second-order valence-corrected chi connectivity index (χ2v) is 3.76. The quantitative estimate of drug-likeness (QED) is 0.632. The summed E-state index contributed by atoms with van der Waals surface area (Å²) in [5.74, 6) is 0. The summed E-state index contributed by atoms with van der Waals surface area (Å²) in [6.07, 6.45) is 2.20. The summed E-state index contributed by atoms with van der Waals surface area (Å²) in [4.78, 5) is 0. The Morgan fingerprint density at radius 1 is 1.25 bits per heavy atom. The van der Waals surface area contributed by atoms with Gasteiger partial charge in [0.05, 0.1) is 0 Å². The van der Waals surface area contributed by atoms with E-state index >= 15 is 0 Å². The third kappa shape index (κ3) is 7.69. The predicted octanol–water partition coefficient (Wildman–Crippen LogP) is 3.71. The lowest BCUT2D eigenvalue weighted by Gasteiger charge is -2.10. The zero-order valence-electron chi connectivity index (χ0n) is 10.2. The molecule has 1 aromatic carbocycles. The van der Waals surface area contributed by atoms with Gasteiger partial charge in [-0.2, -0.15) is 0 Å². The first-order valence-electron chi connectivity index (χ1n) is 5.76. The van der Waals surface area contributed by atoms with Gasteiger partial charge in [-0.3, -0.25) is 0 Å². The van der Waals surface area contributed by atoms with Crippen LogP contribution in [0.4, 0.5) is 0 Å². The number of hydrogen-bond donors (Lipinski definition) is 1. The highest BCUT2D eigenvalue weighted by Crippen LogP contribution is 2.21. The van der Waals surface area contributed by atoms with E-state index in [9.17, 15) is 0 Å². The van der Waals surface area contributed by atoms with Gasteiger partial charge in [0.1, 0.15) is 0 Å². The molecule has 0 aliphatic rings. The van der Waals surface area contributed by atoms with Crippen molar-refractivity contribution in [3.63, 3.8) is 0 Å². The van der Waals surface area contributed by atoms with E-state index in [1.807, 2.05) is 37.3 Å². The smallest absolute Gasteiger partial charge is 0.156 e. The van der Waals surface area contributed by atoms with Gasteiger partial charge in [0.2, 0.25) is 0 Å². The molecule has 2 N–H and O–H groups in total. The van der Waals surface area contributed by atoms with Crippen LogP contribution in [0, 0.1) is 0 Å². The molecule has 0 heterocycles. The minimum absolute atomic E-state index is 0.298. The average Bonchev–Trinajstić information content (AvgIpc) is 2.31.